The first-order valence-electron chi connectivity index (χ1n) is 14.8. The van der Waals surface area contributed by atoms with Gasteiger partial charge in [-0.15, -0.1) is 0 Å². The number of hydrogen-bond acceptors (Lipinski definition) is 5. The van der Waals surface area contributed by atoms with Gasteiger partial charge in [-0.25, -0.2) is 0 Å². The number of rotatable bonds is 9. The summed E-state index contributed by atoms with van der Waals surface area (Å²) in [6.07, 6.45) is 4.49. The van der Waals surface area contributed by atoms with Gasteiger partial charge in [0.2, 0.25) is 0 Å². The number of hydrogen-bond donors (Lipinski definition) is 2. The molecule has 2 amide bonds. The number of piperazine rings is 1. The zero-order valence-electron chi connectivity index (χ0n) is 25.2. The smallest absolute Gasteiger partial charge is 0.267 e. The van der Waals surface area contributed by atoms with Crippen molar-refractivity contribution in [2.75, 3.05) is 38.7 Å². The Morgan fingerprint density at radius 3 is 2.34 bits per heavy atom. The molecule has 218 valence electrons. The Kier molecular flexibility index (Phi) is 8.40. The van der Waals surface area contributed by atoms with Crippen LogP contribution in [0.15, 0.2) is 48.7 Å². The summed E-state index contributed by atoms with van der Waals surface area (Å²) < 4.78 is 7.55. The van der Waals surface area contributed by atoms with Gasteiger partial charge in [0.15, 0.2) is 0 Å². The molecule has 3 heterocycles. The Morgan fingerprint density at radius 2 is 1.71 bits per heavy atom. The summed E-state index contributed by atoms with van der Waals surface area (Å²) in [6, 6.07) is 15.1. The molecule has 0 aliphatic carbocycles. The van der Waals surface area contributed by atoms with Crippen LogP contribution in [0.5, 0.6) is 5.75 Å². The number of nitrogens with zero attached hydrogens (tertiary/aromatic N) is 3. The van der Waals surface area contributed by atoms with E-state index >= 15 is 0 Å². The summed E-state index contributed by atoms with van der Waals surface area (Å²) in [4.78, 5) is 31.1. The molecule has 0 spiro atoms. The van der Waals surface area contributed by atoms with E-state index in [0.717, 1.165) is 47.6 Å². The van der Waals surface area contributed by atoms with Gasteiger partial charge in [-0.2, -0.15) is 0 Å². The minimum absolute atomic E-state index is 0.0876. The molecule has 2 aliphatic rings. The van der Waals surface area contributed by atoms with Crippen LogP contribution in [0.2, 0.25) is 0 Å². The van der Waals surface area contributed by atoms with Crippen LogP contribution in [0.4, 0.5) is 5.69 Å². The number of aromatic nitrogens is 1. The van der Waals surface area contributed by atoms with Crippen molar-refractivity contribution in [2.45, 2.75) is 65.2 Å². The maximum absolute atomic E-state index is 13.6. The molecule has 2 bridgehead atoms. The van der Waals surface area contributed by atoms with Crippen LogP contribution in [0.3, 0.4) is 0 Å². The van der Waals surface area contributed by atoms with Gasteiger partial charge >= 0.3 is 0 Å². The molecule has 2 fully saturated rings. The van der Waals surface area contributed by atoms with Crippen molar-refractivity contribution in [3.63, 3.8) is 0 Å². The number of ether oxygens (including phenoxy) is 1. The lowest BCUT2D eigenvalue weighted by molar-refractivity contribution is 0.0935. The van der Waals surface area contributed by atoms with Crippen molar-refractivity contribution in [3.8, 4) is 16.9 Å². The van der Waals surface area contributed by atoms with Crippen LogP contribution in [-0.4, -0.2) is 67.2 Å². The highest BCUT2D eigenvalue weighted by molar-refractivity contribution is 5.97. The van der Waals surface area contributed by atoms with Crippen LogP contribution in [0, 0.1) is 6.92 Å². The van der Waals surface area contributed by atoms with Crippen LogP contribution in [0.1, 0.15) is 71.6 Å². The lowest BCUT2D eigenvalue weighted by Gasteiger charge is -2.41. The highest BCUT2D eigenvalue weighted by atomic mass is 16.5. The Bertz CT molecular complexity index is 1420. The van der Waals surface area contributed by atoms with Crippen molar-refractivity contribution < 1.29 is 14.3 Å². The third-order valence-corrected chi connectivity index (χ3v) is 8.87. The maximum Gasteiger partial charge on any atom is 0.267 e. The van der Waals surface area contributed by atoms with E-state index < -0.39 is 0 Å². The molecule has 2 saturated heterocycles. The van der Waals surface area contributed by atoms with Crippen molar-refractivity contribution in [2.24, 2.45) is 0 Å². The minimum atomic E-state index is -0.255. The van der Waals surface area contributed by atoms with Gasteiger partial charge in [0.1, 0.15) is 11.4 Å². The quantitative estimate of drug-likeness (QED) is 0.387. The molecule has 2 N–H and O–H groups in total. The molecule has 2 aromatic carbocycles. The molecule has 2 aliphatic heterocycles. The van der Waals surface area contributed by atoms with Crippen LogP contribution >= 0.6 is 0 Å². The summed E-state index contributed by atoms with van der Waals surface area (Å²) in [5, 5.41) is 5.94. The number of fused-ring (bicyclic) bond motifs is 2. The predicted molar refractivity (Wildman–Crippen MR) is 164 cm³/mol. The minimum Gasteiger partial charge on any atom is -0.497 e. The Hall–Kier alpha value is -3.78. The standard InChI is InChI=1S/C33H43N5O3/c1-7-36-18-25(16-31(36)33(40)34-5)24-13-23(14-29(15-24)41-6)22(4)35-32(39)30-17-26(10-9-21(30)3)37-19-27-11-12-28(20-37)38(27)8-2/h9-10,13-18,22,27-28H,7-8,11-12,19-20H2,1-6H3,(H,34,40)(H,35,39)/t22-,27-,28+/m1/s1. The zero-order valence-corrected chi connectivity index (χ0v) is 25.2. The lowest BCUT2D eigenvalue weighted by Crippen LogP contribution is -2.53. The van der Waals surface area contributed by atoms with E-state index in [-0.39, 0.29) is 17.9 Å². The fraction of sp³-hybridized carbons (Fsp3) is 0.455. The summed E-state index contributed by atoms with van der Waals surface area (Å²) in [7, 11) is 3.28. The van der Waals surface area contributed by atoms with Crippen LogP contribution in [0.25, 0.3) is 11.1 Å². The van der Waals surface area contributed by atoms with Crippen LogP contribution in [-0.2, 0) is 6.54 Å². The largest absolute Gasteiger partial charge is 0.497 e. The summed E-state index contributed by atoms with van der Waals surface area (Å²) in [5.74, 6) is 0.484. The number of carbonyl (C=O) groups is 2. The van der Waals surface area contributed by atoms with E-state index in [9.17, 15) is 9.59 Å². The predicted octanol–water partition coefficient (Wildman–Crippen LogP) is 5.02. The van der Waals surface area contributed by atoms with Gasteiger partial charge in [-0.3, -0.25) is 14.5 Å². The SMILES string of the molecule is CCN1[C@@H]2CC[C@H]1CN(c1ccc(C)c(C(=O)N[C@H](C)c3cc(OC)cc(-c4cc(C(=O)NC)n(CC)c4)c3)c1)C2. The monoisotopic (exact) mass is 557 g/mol. The summed E-state index contributed by atoms with van der Waals surface area (Å²) >= 11 is 0. The molecule has 41 heavy (non-hydrogen) atoms. The van der Waals surface area contributed by atoms with E-state index in [0.29, 0.717) is 35.6 Å². The van der Waals surface area contributed by atoms with E-state index in [1.54, 1.807) is 14.2 Å². The number of methoxy groups -OCH3 is 1. The first kappa shape index (κ1) is 28.7. The molecule has 0 radical (unpaired) electrons. The maximum atomic E-state index is 13.6. The summed E-state index contributed by atoms with van der Waals surface area (Å²) in [5.41, 5.74) is 6.17. The highest BCUT2D eigenvalue weighted by Gasteiger charge is 2.39. The van der Waals surface area contributed by atoms with Crippen LogP contribution < -0.4 is 20.3 Å². The molecule has 8 heteroatoms. The molecule has 5 rings (SSSR count). The van der Waals surface area contributed by atoms with E-state index in [1.807, 2.05) is 49.7 Å². The molecular formula is C33H43N5O3. The Morgan fingerprint density at radius 1 is 0.976 bits per heavy atom. The van der Waals surface area contributed by atoms with E-state index in [2.05, 4.69) is 51.6 Å². The van der Waals surface area contributed by atoms with Gasteiger partial charge in [-0.05, 0) is 93.2 Å². The third kappa shape index (κ3) is 5.71. The van der Waals surface area contributed by atoms with Gasteiger partial charge in [-0.1, -0.05) is 13.0 Å². The first-order chi connectivity index (χ1) is 19.8. The number of benzene rings is 2. The lowest BCUT2D eigenvalue weighted by atomic mass is 10.00. The number of aryl methyl sites for hydroxylation is 2. The second-order valence-electron chi connectivity index (χ2n) is 11.3. The fourth-order valence-electron chi connectivity index (χ4n) is 6.53. The summed E-state index contributed by atoms with van der Waals surface area (Å²) in [6.45, 7) is 12.1. The van der Waals surface area contributed by atoms with Crippen molar-refractivity contribution in [3.05, 3.63) is 71.0 Å². The third-order valence-electron chi connectivity index (χ3n) is 8.87. The second-order valence-corrected chi connectivity index (χ2v) is 11.3. The first-order valence-corrected chi connectivity index (χ1v) is 14.8. The number of amides is 2. The Balaban J connectivity index is 1.37. The topological polar surface area (TPSA) is 78.8 Å². The fourth-order valence-corrected chi connectivity index (χ4v) is 6.53. The van der Waals surface area contributed by atoms with E-state index in [4.69, 9.17) is 4.74 Å². The molecule has 1 aromatic heterocycles. The average Bonchev–Trinajstić information content (AvgIpc) is 3.53. The van der Waals surface area contributed by atoms with Gasteiger partial charge < -0.3 is 24.8 Å². The van der Waals surface area contributed by atoms with E-state index in [1.165, 1.54) is 12.8 Å². The van der Waals surface area contributed by atoms with Crippen molar-refractivity contribution in [1.29, 1.82) is 0 Å². The van der Waals surface area contributed by atoms with Crippen molar-refractivity contribution >= 4 is 17.5 Å². The van der Waals surface area contributed by atoms with Crippen molar-refractivity contribution in [1.82, 2.24) is 20.1 Å². The molecule has 0 unspecified atom stereocenters. The molecule has 3 atom stereocenters. The Labute approximate surface area is 243 Å². The normalized spacial score (nSPS) is 19.2. The number of carbonyl (C=O) groups excluding carboxylic acids is 2. The van der Waals surface area contributed by atoms with Gasteiger partial charge in [0.25, 0.3) is 11.8 Å². The number of anilines is 1. The van der Waals surface area contributed by atoms with Gasteiger partial charge in [0.05, 0.1) is 13.2 Å². The molecule has 0 saturated carbocycles. The molecular weight excluding hydrogens is 514 g/mol. The second kappa shape index (κ2) is 12.0. The number of likely N-dealkylation sites (N-methyl/N-ethyl adjacent to an activating group) is 1. The molecule has 3 aromatic rings. The number of nitrogens with one attached hydrogen (secondary N) is 2. The highest BCUT2D eigenvalue weighted by Crippen LogP contribution is 2.34. The van der Waals surface area contributed by atoms with Gasteiger partial charge in [0, 0.05) is 61.8 Å². The molecule has 8 nitrogen and oxygen atoms in total. The average molecular weight is 558 g/mol. The zero-order chi connectivity index (χ0) is 29.3.